The summed E-state index contributed by atoms with van der Waals surface area (Å²) >= 11 is 0. The quantitative estimate of drug-likeness (QED) is 0.506. The van der Waals surface area contributed by atoms with Gasteiger partial charge >= 0.3 is 0 Å². The molecule has 0 saturated carbocycles. The molecule has 0 aliphatic carbocycles. The van der Waals surface area contributed by atoms with E-state index in [-0.39, 0.29) is 10.6 Å². The van der Waals surface area contributed by atoms with Gasteiger partial charge in [-0.3, -0.25) is 14.8 Å². The third kappa shape index (κ3) is 3.97. The van der Waals surface area contributed by atoms with E-state index in [1.165, 1.54) is 12.1 Å². The Morgan fingerprint density at radius 1 is 1.03 bits per heavy atom. The summed E-state index contributed by atoms with van der Waals surface area (Å²) in [5.41, 5.74) is 0.986. The van der Waals surface area contributed by atoms with E-state index in [2.05, 4.69) is 19.5 Å². The third-order valence-electron chi connectivity index (χ3n) is 4.84. The SMILES string of the molecule is O=[N+]([O-])c1ccc(S(=O)(=O)Nc2cccc(-c3nnc4n3CCCCC4)c2)cc1. The standard InChI is InChI=1S/C19H19N5O4S/c25-24(26)16-8-10-17(11-9-16)29(27,28)22-15-6-4-5-14(13-15)19-21-20-18-7-2-1-3-12-23(18)19/h4-6,8-11,13,22H,1-3,7,12H2. The topological polar surface area (TPSA) is 120 Å². The van der Waals surface area contributed by atoms with Gasteiger partial charge in [0, 0.05) is 36.3 Å². The van der Waals surface area contributed by atoms with Gasteiger partial charge in [-0.15, -0.1) is 10.2 Å². The molecule has 1 N–H and O–H groups in total. The van der Waals surface area contributed by atoms with Gasteiger partial charge < -0.3 is 4.57 Å². The van der Waals surface area contributed by atoms with E-state index in [0.717, 1.165) is 61.6 Å². The third-order valence-corrected chi connectivity index (χ3v) is 6.24. The predicted octanol–water partition coefficient (Wildman–Crippen LogP) is 3.38. The van der Waals surface area contributed by atoms with Crippen LogP contribution in [-0.4, -0.2) is 28.1 Å². The van der Waals surface area contributed by atoms with Crippen LogP contribution in [0.15, 0.2) is 53.4 Å². The number of aromatic nitrogens is 3. The van der Waals surface area contributed by atoms with E-state index in [1.54, 1.807) is 18.2 Å². The van der Waals surface area contributed by atoms with Crippen molar-refractivity contribution in [3.05, 3.63) is 64.5 Å². The molecule has 150 valence electrons. The summed E-state index contributed by atoms with van der Waals surface area (Å²) < 4.78 is 29.9. The van der Waals surface area contributed by atoms with Crippen LogP contribution in [-0.2, 0) is 23.0 Å². The molecule has 0 unspecified atom stereocenters. The van der Waals surface area contributed by atoms with Gasteiger partial charge in [-0.25, -0.2) is 8.42 Å². The fourth-order valence-corrected chi connectivity index (χ4v) is 4.43. The number of benzene rings is 2. The highest BCUT2D eigenvalue weighted by molar-refractivity contribution is 7.92. The molecule has 29 heavy (non-hydrogen) atoms. The first kappa shape index (κ1) is 19.1. The Hall–Kier alpha value is -3.27. The highest BCUT2D eigenvalue weighted by Crippen LogP contribution is 2.26. The Morgan fingerprint density at radius 3 is 2.59 bits per heavy atom. The smallest absolute Gasteiger partial charge is 0.269 e. The zero-order valence-electron chi connectivity index (χ0n) is 15.5. The number of nitro benzene ring substituents is 1. The first-order valence-corrected chi connectivity index (χ1v) is 10.7. The lowest BCUT2D eigenvalue weighted by molar-refractivity contribution is -0.384. The number of nitrogens with zero attached hydrogens (tertiary/aromatic N) is 4. The summed E-state index contributed by atoms with van der Waals surface area (Å²) in [6.07, 6.45) is 4.19. The van der Waals surface area contributed by atoms with Gasteiger partial charge in [0.15, 0.2) is 5.82 Å². The molecule has 2 heterocycles. The maximum Gasteiger partial charge on any atom is 0.269 e. The number of anilines is 1. The normalized spacial score (nSPS) is 14.1. The van der Waals surface area contributed by atoms with Crippen LogP contribution in [0.2, 0.25) is 0 Å². The fourth-order valence-electron chi connectivity index (χ4n) is 3.38. The van der Waals surface area contributed by atoms with Crippen molar-refractivity contribution in [2.75, 3.05) is 4.72 Å². The number of sulfonamides is 1. The molecule has 1 aliphatic rings. The lowest BCUT2D eigenvalue weighted by atomic mass is 10.2. The van der Waals surface area contributed by atoms with Crippen LogP contribution in [0.4, 0.5) is 11.4 Å². The number of nitrogens with one attached hydrogen (secondary N) is 1. The second-order valence-electron chi connectivity index (χ2n) is 6.84. The minimum atomic E-state index is -3.88. The largest absolute Gasteiger partial charge is 0.311 e. The van der Waals surface area contributed by atoms with E-state index in [0.29, 0.717) is 5.69 Å². The zero-order chi connectivity index (χ0) is 20.4. The van der Waals surface area contributed by atoms with E-state index in [9.17, 15) is 18.5 Å². The molecule has 3 aromatic rings. The highest BCUT2D eigenvalue weighted by Gasteiger charge is 2.19. The van der Waals surface area contributed by atoms with E-state index >= 15 is 0 Å². The zero-order valence-corrected chi connectivity index (χ0v) is 16.3. The van der Waals surface area contributed by atoms with Crippen LogP contribution in [0.5, 0.6) is 0 Å². The van der Waals surface area contributed by atoms with Gasteiger partial charge in [0.05, 0.1) is 9.82 Å². The molecule has 10 heteroatoms. The molecule has 4 rings (SSSR count). The summed E-state index contributed by atoms with van der Waals surface area (Å²) in [5, 5.41) is 19.3. The molecule has 0 radical (unpaired) electrons. The van der Waals surface area contributed by atoms with Crippen molar-refractivity contribution in [3.63, 3.8) is 0 Å². The Balaban J connectivity index is 1.61. The van der Waals surface area contributed by atoms with Gasteiger partial charge in [-0.05, 0) is 37.1 Å². The molecule has 0 atom stereocenters. The number of aryl methyl sites for hydroxylation is 1. The first-order chi connectivity index (χ1) is 13.9. The average molecular weight is 413 g/mol. The number of non-ortho nitro benzene ring substituents is 1. The Labute approximate surface area is 167 Å². The number of rotatable bonds is 5. The number of nitro groups is 1. The molecule has 0 amide bonds. The van der Waals surface area contributed by atoms with Gasteiger partial charge in [-0.2, -0.15) is 0 Å². The van der Waals surface area contributed by atoms with E-state index in [1.807, 2.05) is 6.07 Å². The minimum absolute atomic E-state index is 0.0511. The average Bonchev–Trinajstić information content (AvgIpc) is 2.96. The molecule has 2 aromatic carbocycles. The Bertz CT molecular complexity index is 1160. The van der Waals surface area contributed by atoms with Gasteiger partial charge in [0.1, 0.15) is 5.82 Å². The number of fused-ring (bicyclic) bond motifs is 1. The van der Waals surface area contributed by atoms with Crippen LogP contribution in [0.1, 0.15) is 25.1 Å². The minimum Gasteiger partial charge on any atom is -0.311 e. The summed E-state index contributed by atoms with van der Waals surface area (Å²) in [4.78, 5) is 10.1. The van der Waals surface area contributed by atoms with Crippen molar-refractivity contribution >= 4 is 21.4 Å². The van der Waals surface area contributed by atoms with Crippen molar-refractivity contribution in [3.8, 4) is 11.4 Å². The summed E-state index contributed by atoms with van der Waals surface area (Å²) in [7, 11) is -3.88. The van der Waals surface area contributed by atoms with E-state index in [4.69, 9.17) is 0 Å². The van der Waals surface area contributed by atoms with Crippen LogP contribution in [0.25, 0.3) is 11.4 Å². The van der Waals surface area contributed by atoms with Gasteiger partial charge in [-0.1, -0.05) is 18.6 Å². The van der Waals surface area contributed by atoms with Crippen LogP contribution in [0.3, 0.4) is 0 Å². The summed E-state index contributed by atoms with van der Waals surface area (Å²) in [6, 6.07) is 11.7. The summed E-state index contributed by atoms with van der Waals surface area (Å²) in [5.74, 6) is 1.67. The second-order valence-corrected chi connectivity index (χ2v) is 8.52. The molecule has 0 saturated heterocycles. The number of hydrogen-bond acceptors (Lipinski definition) is 6. The highest BCUT2D eigenvalue weighted by atomic mass is 32.2. The molecule has 0 spiro atoms. The maximum absolute atomic E-state index is 12.6. The molecular weight excluding hydrogens is 394 g/mol. The number of hydrogen-bond donors (Lipinski definition) is 1. The molecule has 1 aromatic heterocycles. The Morgan fingerprint density at radius 2 is 1.83 bits per heavy atom. The van der Waals surface area contributed by atoms with Crippen molar-refractivity contribution in [2.45, 2.75) is 37.1 Å². The van der Waals surface area contributed by atoms with Crippen molar-refractivity contribution in [1.82, 2.24) is 14.8 Å². The summed E-state index contributed by atoms with van der Waals surface area (Å²) in [6.45, 7) is 0.844. The lowest BCUT2D eigenvalue weighted by Crippen LogP contribution is -2.13. The maximum atomic E-state index is 12.6. The molecule has 9 nitrogen and oxygen atoms in total. The van der Waals surface area contributed by atoms with Gasteiger partial charge in [0.2, 0.25) is 0 Å². The molecule has 0 bridgehead atoms. The van der Waals surface area contributed by atoms with E-state index < -0.39 is 14.9 Å². The first-order valence-electron chi connectivity index (χ1n) is 9.24. The Kier molecular flexibility index (Phi) is 5.01. The van der Waals surface area contributed by atoms with Crippen molar-refractivity contribution in [1.29, 1.82) is 0 Å². The second kappa shape index (κ2) is 7.63. The van der Waals surface area contributed by atoms with Crippen LogP contribution < -0.4 is 4.72 Å². The predicted molar refractivity (Wildman–Crippen MR) is 107 cm³/mol. The van der Waals surface area contributed by atoms with Crippen molar-refractivity contribution < 1.29 is 13.3 Å². The fraction of sp³-hybridized carbons (Fsp3) is 0.263. The molecule has 1 aliphatic heterocycles. The van der Waals surface area contributed by atoms with Gasteiger partial charge in [0.25, 0.3) is 15.7 Å². The lowest BCUT2D eigenvalue weighted by Gasteiger charge is -2.11. The van der Waals surface area contributed by atoms with Crippen molar-refractivity contribution in [2.24, 2.45) is 0 Å². The van der Waals surface area contributed by atoms with Crippen LogP contribution in [0, 0.1) is 10.1 Å². The van der Waals surface area contributed by atoms with Crippen LogP contribution >= 0.6 is 0 Å². The molecular formula is C19H19N5O4S. The monoisotopic (exact) mass is 413 g/mol. The molecule has 0 fully saturated rings.